The number of aliphatic hydroxyl groups excluding tert-OH is 1. The van der Waals surface area contributed by atoms with E-state index in [-0.39, 0.29) is 18.1 Å². The number of aliphatic hydroxyl groups is 1. The van der Waals surface area contributed by atoms with Gasteiger partial charge in [0, 0.05) is 45.3 Å². The zero-order valence-electron chi connectivity index (χ0n) is 16.3. The van der Waals surface area contributed by atoms with Crippen molar-refractivity contribution in [3.63, 3.8) is 0 Å². The third kappa shape index (κ3) is 4.36. The molecule has 3 fully saturated rings. The van der Waals surface area contributed by atoms with Crippen LogP contribution in [0.1, 0.15) is 50.1 Å². The summed E-state index contributed by atoms with van der Waals surface area (Å²) >= 11 is 0. The van der Waals surface area contributed by atoms with Crippen LogP contribution >= 0.6 is 0 Å². The number of rotatable bonds is 4. The van der Waals surface area contributed by atoms with Gasteiger partial charge in [0.15, 0.2) is 0 Å². The maximum Gasteiger partial charge on any atom is 0.244 e. The fourth-order valence-corrected chi connectivity index (χ4v) is 5.04. The molecule has 1 unspecified atom stereocenters. The molecule has 4 rings (SSSR count). The monoisotopic (exact) mass is 371 g/mol. The van der Waals surface area contributed by atoms with Crippen molar-refractivity contribution in [3.8, 4) is 0 Å². The van der Waals surface area contributed by atoms with E-state index in [2.05, 4.69) is 26.8 Å². The van der Waals surface area contributed by atoms with E-state index in [1.54, 1.807) is 0 Å². The number of hydrogen-bond donors (Lipinski definition) is 1. The van der Waals surface area contributed by atoms with E-state index in [1.807, 2.05) is 18.2 Å². The lowest BCUT2D eigenvalue weighted by Crippen LogP contribution is -2.54. The molecular weight excluding hydrogens is 338 g/mol. The highest BCUT2D eigenvalue weighted by Crippen LogP contribution is 2.29. The zero-order valence-corrected chi connectivity index (χ0v) is 16.3. The lowest BCUT2D eigenvalue weighted by atomic mass is 9.99. The molecule has 0 spiro atoms. The number of benzene rings is 1. The molecule has 5 nitrogen and oxygen atoms in total. The van der Waals surface area contributed by atoms with Crippen molar-refractivity contribution in [2.75, 3.05) is 39.3 Å². The minimum Gasteiger partial charge on any atom is -0.393 e. The molecule has 2 heterocycles. The lowest BCUT2D eigenvalue weighted by molar-refractivity contribution is -0.140. The molecule has 1 N–H and O–H groups in total. The van der Waals surface area contributed by atoms with Crippen molar-refractivity contribution in [2.24, 2.45) is 0 Å². The summed E-state index contributed by atoms with van der Waals surface area (Å²) in [6.07, 6.45) is 6.68. The maximum absolute atomic E-state index is 13.5. The van der Waals surface area contributed by atoms with Crippen LogP contribution < -0.4 is 0 Å². The number of carbonyl (C=O) groups is 1. The lowest BCUT2D eigenvalue weighted by Gasteiger charge is -2.42. The largest absolute Gasteiger partial charge is 0.393 e. The second-order valence-corrected chi connectivity index (χ2v) is 8.38. The Morgan fingerprint density at radius 1 is 0.889 bits per heavy atom. The minimum atomic E-state index is -0.220. The summed E-state index contributed by atoms with van der Waals surface area (Å²) in [5, 5.41) is 9.87. The Morgan fingerprint density at radius 2 is 1.52 bits per heavy atom. The molecule has 2 aliphatic heterocycles. The average molecular weight is 372 g/mol. The fraction of sp³-hybridized carbons (Fsp3) is 0.682. The van der Waals surface area contributed by atoms with Crippen molar-refractivity contribution in [2.45, 2.75) is 56.7 Å². The van der Waals surface area contributed by atoms with Gasteiger partial charge in [-0.25, -0.2) is 0 Å². The van der Waals surface area contributed by atoms with Crippen LogP contribution in [0.25, 0.3) is 0 Å². The fourth-order valence-electron chi connectivity index (χ4n) is 5.04. The van der Waals surface area contributed by atoms with Gasteiger partial charge in [-0.3, -0.25) is 14.6 Å². The Labute approximate surface area is 162 Å². The number of piperidine rings is 1. The maximum atomic E-state index is 13.5. The van der Waals surface area contributed by atoms with E-state index in [0.717, 1.165) is 63.7 Å². The van der Waals surface area contributed by atoms with E-state index in [9.17, 15) is 9.90 Å². The van der Waals surface area contributed by atoms with Crippen LogP contribution in [0.15, 0.2) is 30.3 Å². The van der Waals surface area contributed by atoms with Gasteiger partial charge in [0.2, 0.25) is 5.91 Å². The third-order valence-electron chi connectivity index (χ3n) is 6.68. The minimum absolute atomic E-state index is 0.211. The normalized spacial score (nSPS) is 25.0. The van der Waals surface area contributed by atoms with Crippen LogP contribution in [0, 0.1) is 0 Å². The SMILES string of the molecule is O=C(C(c1ccccc1)N1CCC(O)CC1)N1CCN(C2CCCC2)CC1. The molecule has 1 saturated carbocycles. The second-order valence-electron chi connectivity index (χ2n) is 8.38. The summed E-state index contributed by atoms with van der Waals surface area (Å²) in [6, 6.07) is 10.7. The Balaban J connectivity index is 1.44. The average Bonchev–Trinajstić information content (AvgIpc) is 3.25. The summed E-state index contributed by atoms with van der Waals surface area (Å²) < 4.78 is 0. The molecule has 27 heavy (non-hydrogen) atoms. The summed E-state index contributed by atoms with van der Waals surface area (Å²) in [7, 11) is 0. The number of likely N-dealkylation sites (tertiary alicyclic amines) is 1. The van der Waals surface area contributed by atoms with Gasteiger partial charge in [0.1, 0.15) is 6.04 Å². The van der Waals surface area contributed by atoms with Crippen LogP contribution in [0.2, 0.25) is 0 Å². The molecule has 3 aliphatic rings. The van der Waals surface area contributed by atoms with Gasteiger partial charge >= 0.3 is 0 Å². The highest BCUT2D eigenvalue weighted by atomic mass is 16.3. The van der Waals surface area contributed by atoms with Crippen LogP contribution in [0.3, 0.4) is 0 Å². The number of carbonyl (C=O) groups excluding carboxylic acids is 1. The molecule has 1 atom stereocenters. The van der Waals surface area contributed by atoms with Gasteiger partial charge in [0.05, 0.1) is 6.10 Å². The number of amides is 1. The van der Waals surface area contributed by atoms with Crippen LogP contribution in [0.5, 0.6) is 0 Å². The van der Waals surface area contributed by atoms with Gasteiger partial charge in [-0.15, -0.1) is 0 Å². The van der Waals surface area contributed by atoms with Crippen LogP contribution in [0.4, 0.5) is 0 Å². The predicted molar refractivity (Wildman–Crippen MR) is 106 cm³/mol. The molecule has 2 saturated heterocycles. The number of hydrogen-bond acceptors (Lipinski definition) is 4. The summed E-state index contributed by atoms with van der Waals surface area (Å²) in [6.45, 7) is 5.28. The van der Waals surface area contributed by atoms with Crippen molar-refractivity contribution >= 4 is 5.91 Å². The first-order chi connectivity index (χ1) is 13.2. The third-order valence-corrected chi connectivity index (χ3v) is 6.68. The molecule has 1 aromatic rings. The van der Waals surface area contributed by atoms with Gasteiger partial charge < -0.3 is 10.0 Å². The quantitative estimate of drug-likeness (QED) is 0.882. The van der Waals surface area contributed by atoms with E-state index in [1.165, 1.54) is 25.7 Å². The molecule has 148 valence electrons. The van der Waals surface area contributed by atoms with Crippen molar-refractivity contribution in [1.29, 1.82) is 0 Å². The van der Waals surface area contributed by atoms with Crippen molar-refractivity contribution in [1.82, 2.24) is 14.7 Å². The highest BCUT2D eigenvalue weighted by Gasteiger charge is 2.35. The van der Waals surface area contributed by atoms with Crippen molar-refractivity contribution < 1.29 is 9.90 Å². The molecule has 5 heteroatoms. The summed E-state index contributed by atoms with van der Waals surface area (Å²) in [4.78, 5) is 20.5. The predicted octanol–water partition coefficient (Wildman–Crippen LogP) is 2.27. The molecule has 1 aromatic carbocycles. The van der Waals surface area contributed by atoms with Gasteiger partial charge in [-0.1, -0.05) is 43.2 Å². The first-order valence-electron chi connectivity index (χ1n) is 10.7. The zero-order chi connectivity index (χ0) is 18.6. The van der Waals surface area contributed by atoms with Gasteiger partial charge in [-0.05, 0) is 31.2 Å². The molecule has 0 bridgehead atoms. The number of nitrogens with zero attached hydrogens (tertiary/aromatic N) is 3. The summed E-state index contributed by atoms with van der Waals surface area (Å²) in [5.41, 5.74) is 1.08. The molecule has 0 aromatic heterocycles. The topological polar surface area (TPSA) is 47.0 Å². The molecule has 1 amide bonds. The van der Waals surface area contributed by atoms with Crippen LogP contribution in [-0.2, 0) is 4.79 Å². The van der Waals surface area contributed by atoms with Gasteiger partial charge in [0.25, 0.3) is 0 Å². The van der Waals surface area contributed by atoms with E-state index >= 15 is 0 Å². The smallest absolute Gasteiger partial charge is 0.244 e. The molecular formula is C22H33N3O2. The van der Waals surface area contributed by atoms with E-state index in [4.69, 9.17) is 0 Å². The van der Waals surface area contributed by atoms with Crippen LogP contribution in [-0.4, -0.2) is 77.1 Å². The highest BCUT2D eigenvalue weighted by molar-refractivity contribution is 5.83. The first kappa shape index (κ1) is 18.9. The molecule has 0 radical (unpaired) electrons. The van der Waals surface area contributed by atoms with Crippen molar-refractivity contribution in [3.05, 3.63) is 35.9 Å². The Morgan fingerprint density at radius 3 is 2.15 bits per heavy atom. The van der Waals surface area contributed by atoms with E-state index in [0.29, 0.717) is 0 Å². The Bertz CT molecular complexity index is 601. The molecule has 1 aliphatic carbocycles. The standard InChI is InChI=1S/C22H33N3O2/c26-20-10-12-24(13-11-20)21(18-6-2-1-3-7-18)22(27)25-16-14-23(15-17-25)19-8-4-5-9-19/h1-3,6-7,19-21,26H,4-5,8-17H2. The second kappa shape index (κ2) is 8.72. The van der Waals surface area contributed by atoms with Gasteiger partial charge in [-0.2, -0.15) is 0 Å². The number of piperazine rings is 1. The Kier molecular flexibility index (Phi) is 6.11. The Hall–Kier alpha value is -1.43. The summed E-state index contributed by atoms with van der Waals surface area (Å²) in [5.74, 6) is 0.240. The first-order valence-corrected chi connectivity index (χ1v) is 10.7. The van der Waals surface area contributed by atoms with E-state index < -0.39 is 0 Å².